The van der Waals surface area contributed by atoms with Gasteiger partial charge < -0.3 is 33.8 Å². The second-order valence-corrected chi connectivity index (χ2v) is 28.3. The largest absolute Gasteiger partial charge is 0.507 e. The number of para-hydroxylation sites is 1. The molecular weight excluding hydrogens is 1010 g/mol. The molecule has 382 valence electrons. The first-order valence-electron chi connectivity index (χ1n) is 25.8. The Balaban J connectivity index is 1.23. The summed E-state index contributed by atoms with van der Waals surface area (Å²) in [6.07, 6.45) is -0.124. The van der Waals surface area contributed by atoms with Crippen molar-refractivity contribution in [2.75, 3.05) is 0 Å². The molecule has 0 fully saturated rings. The molecule has 0 aromatic heterocycles. The number of ether oxygens (including phenoxy) is 1. The smallest absolute Gasteiger partial charge is 0.171 e. The fraction of sp³-hybridized carbons (Fsp3) is 0.104. The zero-order valence-corrected chi connectivity index (χ0v) is 45.4. The normalized spacial score (nSPS) is 12.8. The molecule has 1 aliphatic rings. The van der Waals surface area contributed by atoms with Gasteiger partial charge in [0, 0.05) is 73.4 Å². The summed E-state index contributed by atoms with van der Waals surface area (Å²) in [5.41, 5.74) is 3.94. The second-order valence-electron chi connectivity index (χ2n) is 20.0. The Morgan fingerprint density at radius 1 is 0.299 bits per heavy atom. The molecule has 0 radical (unpaired) electrons. The van der Waals surface area contributed by atoms with Gasteiger partial charge in [-0.25, -0.2) is 0 Å². The summed E-state index contributed by atoms with van der Waals surface area (Å²) < 4.78 is 55.9. The van der Waals surface area contributed by atoms with Gasteiger partial charge in [0.1, 0.15) is 23.0 Å². The van der Waals surface area contributed by atoms with Crippen LogP contribution in [0.1, 0.15) is 58.4 Å². The van der Waals surface area contributed by atoms with Gasteiger partial charge in [-0.1, -0.05) is 200 Å². The Morgan fingerprint density at radius 2 is 0.506 bits per heavy atom. The molecule has 10 aromatic carbocycles. The monoisotopic (exact) mass is 1070 g/mol. The van der Waals surface area contributed by atoms with Crippen molar-refractivity contribution in [2.45, 2.75) is 45.6 Å². The van der Waals surface area contributed by atoms with Crippen molar-refractivity contribution in [1.29, 1.82) is 0 Å². The summed E-state index contributed by atoms with van der Waals surface area (Å²) in [7, 11) is -11.0. The third-order valence-corrected chi connectivity index (χ3v) is 23.7. The van der Waals surface area contributed by atoms with Crippen LogP contribution in [-0.2, 0) is 39.4 Å². The van der Waals surface area contributed by atoms with E-state index in [0.29, 0.717) is 86.9 Å². The molecule has 8 bridgehead atoms. The standard InChI is InChI=1S/C67H57O7P3/c1-46(2)74-67-47-22-21-23-48(67)37-50-41-62(76(72,57-28-13-5-14-29-57)58-30-15-6-16-31-58)43-52(65(50)69)39-54-45-63(77(73,59-32-17-7-18-33-59)60-34-19-8-20-35-60)44-53(66(54)70)38-51-42-61(40-49(36-47)64(51)68)75(71,55-24-9-3-10-25-55)56-26-11-4-12-27-56/h3-35,40-46,68-70H,36-39H2,1-2H3. The van der Waals surface area contributed by atoms with Crippen molar-refractivity contribution in [3.63, 3.8) is 0 Å². The van der Waals surface area contributed by atoms with Gasteiger partial charge >= 0.3 is 0 Å². The molecule has 10 heteroatoms. The predicted molar refractivity (Wildman–Crippen MR) is 316 cm³/mol. The van der Waals surface area contributed by atoms with Crippen LogP contribution in [0.15, 0.2) is 237 Å². The molecule has 0 saturated carbocycles. The predicted octanol–water partition coefficient (Wildman–Crippen LogP) is 11.2. The summed E-state index contributed by atoms with van der Waals surface area (Å²) in [5, 5.41) is 43.6. The maximum atomic E-state index is 16.5. The van der Waals surface area contributed by atoms with Crippen LogP contribution >= 0.6 is 21.4 Å². The van der Waals surface area contributed by atoms with Gasteiger partial charge in [0.15, 0.2) is 21.4 Å². The molecule has 10 aromatic rings. The van der Waals surface area contributed by atoms with Crippen LogP contribution < -0.4 is 52.5 Å². The number of aromatic hydroxyl groups is 3. The maximum Gasteiger partial charge on any atom is 0.171 e. The molecule has 0 heterocycles. The van der Waals surface area contributed by atoms with Crippen molar-refractivity contribution in [3.8, 4) is 23.0 Å². The van der Waals surface area contributed by atoms with E-state index < -0.39 is 21.4 Å². The van der Waals surface area contributed by atoms with Crippen molar-refractivity contribution < 1.29 is 33.8 Å². The molecule has 0 unspecified atom stereocenters. The van der Waals surface area contributed by atoms with E-state index in [2.05, 4.69) is 0 Å². The highest BCUT2D eigenvalue weighted by atomic mass is 31.2. The summed E-state index contributed by atoms with van der Waals surface area (Å²) in [6, 6.07) is 72.7. The van der Waals surface area contributed by atoms with Crippen molar-refractivity contribution in [3.05, 3.63) is 281 Å². The highest BCUT2D eigenvalue weighted by Gasteiger charge is 2.36. The van der Waals surface area contributed by atoms with E-state index in [1.807, 2.05) is 226 Å². The quantitative estimate of drug-likeness (QED) is 0.110. The van der Waals surface area contributed by atoms with Gasteiger partial charge in [0.05, 0.1) is 6.10 Å². The van der Waals surface area contributed by atoms with Crippen LogP contribution in [0.25, 0.3) is 0 Å². The lowest BCUT2D eigenvalue weighted by molar-refractivity contribution is 0.238. The summed E-state index contributed by atoms with van der Waals surface area (Å²) >= 11 is 0. The van der Waals surface area contributed by atoms with E-state index in [1.165, 1.54) is 0 Å². The SMILES string of the molecule is CC(C)Oc1c2cccc1Cc1cc(P(=O)(c3ccccc3)c3ccccc3)cc(c1O)Cc1cc(P(=O)(c3ccccc3)c3ccccc3)cc(c1O)Cc1cc(P(=O)(c3ccccc3)c3ccccc3)cc(c1O)C2. The highest BCUT2D eigenvalue weighted by Crippen LogP contribution is 2.49. The van der Waals surface area contributed by atoms with Crippen LogP contribution in [0.4, 0.5) is 0 Å². The lowest BCUT2D eigenvalue weighted by atomic mass is 9.91. The molecule has 0 saturated heterocycles. The maximum absolute atomic E-state index is 16.5. The van der Waals surface area contributed by atoms with Crippen LogP contribution in [0, 0.1) is 0 Å². The lowest BCUT2D eigenvalue weighted by Gasteiger charge is -2.26. The Bertz CT molecular complexity index is 3600. The topological polar surface area (TPSA) is 121 Å². The number of rotatable bonds is 11. The van der Waals surface area contributed by atoms with Gasteiger partial charge in [-0.05, 0) is 94.8 Å². The summed E-state index contributed by atoms with van der Waals surface area (Å²) in [4.78, 5) is 0. The number of hydrogen-bond donors (Lipinski definition) is 3. The first-order chi connectivity index (χ1) is 37.3. The van der Waals surface area contributed by atoms with E-state index in [4.69, 9.17) is 4.74 Å². The average molecular weight is 1070 g/mol. The van der Waals surface area contributed by atoms with E-state index in [1.54, 1.807) is 24.3 Å². The third-order valence-electron chi connectivity index (χ3n) is 14.6. The number of fused-ring (bicyclic) bond motifs is 8. The van der Waals surface area contributed by atoms with E-state index in [9.17, 15) is 15.3 Å². The van der Waals surface area contributed by atoms with Crippen molar-refractivity contribution in [2.24, 2.45) is 0 Å². The van der Waals surface area contributed by atoms with E-state index >= 15 is 13.7 Å². The highest BCUT2D eigenvalue weighted by molar-refractivity contribution is 7.86. The zero-order valence-electron chi connectivity index (χ0n) is 42.7. The van der Waals surface area contributed by atoms with E-state index in [-0.39, 0.29) is 49.0 Å². The van der Waals surface area contributed by atoms with Gasteiger partial charge in [0.2, 0.25) is 0 Å². The molecular formula is C67H57O7P3. The average Bonchev–Trinajstić information content (AvgIpc) is 3.50. The van der Waals surface area contributed by atoms with Crippen LogP contribution in [0.3, 0.4) is 0 Å². The van der Waals surface area contributed by atoms with Crippen LogP contribution in [0.5, 0.6) is 23.0 Å². The molecule has 0 spiro atoms. The Labute approximate surface area is 450 Å². The number of hydrogen-bond acceptors (Lipinski definition) is 7. The van der Waals surface area contributed by atoms with Crippen LogP contribution in [-0.4, -0.2) is 21.4 Å². The summed E-state index contributed by atoms with van der Waals surface area (Å²) in [6.45, 7) is 3.90. The first kappa shape index (κ1) is 51.2. The minimum Gasteiger partial charge on any atom is -0.507 e. The fourth-order valence-corrected chi connectivity index (χ4v) is 19.1. The van der Waals surface area contributed by atoms with Gasteiger partial charge in [-0.2, -0.15) is 0 Å². The zero-order chi connectivity index (χ0) is 53.3. The molecule has 0 amide bonds. The molecule has 77 heavy (non-hydrogen) atoms. The van der Waals surface area contributed by atoms with Gasteiger partial charge in [0.25, 0.3) is 0 Å². The van der Waals surface area contributed by atoms with Crippen molar-refractivity contribution >= 4 is 69.2 Å². The number of phenols is 3. The molecule has 0 aliphatic heterocycles. The van der Waals surface area contributed by atoms with Gasteiger partial charge in [-0.15, -0.1) is 0 Å². The summed E-state index contributed by atoms with van der Waals surface area (Å²) in [5.74, 6) is 0.356. The minimum absolute atomic E-state index is 0.0415. The molecule has 7 nitrogen and oxygen atoms in total. The van der Waals surface area contributed by atoms with Crippen molar-refractivity contribution in [1.82, 2.24) is 0 Å². The Hall–Kier alpha value is -7.91. The minimum atomic E-state index is -3.73. The second kappa shape index (κ2) is 21.3. The lowest BCUT2D eigenvalue weighted by Crippen LogP contribution is -2.27. The first-order valence-corrected chi connectivity index (χ1v) is 30.9. The molecule has 0 atom stereocenters. The third kappa shape index (κ3) is 9.59. The Kier molecular flexibility index (Phi) is 14.1. The Morgan fingerprint density at radius 3 is 0.714 bits per heavy atom. The number of phenolic OH excluding ortho intramolecular Hbond substituents is 3. The van der Waals surface area contributed by atoms with Crippen LogP contribution in [0.2, 0.25) is 0 Å². The fourth-order valence-electron chi connectivity index (χ4n) is 10.9. The molecule has 1 aliphatic carbocycles. The number of benzene rings is 10. The van der Waals surface area contributed by atoms with Gasteiger partial charge in [-0.3, -0.25) is 0 Å². The molecule has 11 rings (SSSR count). The van der Waals surface area contributed by atoms with E-state index in [0.717, 1.165) is 11.1 Å². The molecule has 3 N–H and O–H groups in total.